The Morgan fingerprint density at radius 3 is 2.56 bits per heavy atom. The quantitative estimate of drug-likeness (QED) is 0.551. The fraction of sp³-hybridized carbons (Fsp3) is 0.630. The van der Waals surface area contributed by atoms with E-state index in [9.17, 15) is 19.2 Å². The van der Waals surface area contributed by atoms with Gasteiger partial charge in [-0.15, -0.1) is 0 Å². The van der Waals surface area contributed by atoms with Gasteiger partial charge in [0.2, 0.25) is 0 Å². The smallest absolute Gasteiger partial charge is 0.410 e. The van der Waals surface area contributed by atoms with Gasteiger partial charge in [0, 0.05) is 38.3 Å². The van der Waals surface area contributed by atoms with E-state index in [1.807, 2.05) is 34.6 Å². The molecule has 0 aliphatic carbocycles. The van der Waals surface area contributed by atoms with E-state index in [1.165, 1.54) is 12.0 Å². The number of hydrogen-bond donors (Lipinski definition) is 1. The SMILES string of the molecule is COC(=O)NCCN1C(=O)[C@@H](C)Oc2cc(Cl)c(C(=O)N(C(C)C)[C@@H]3CCCN(C(=O)OC(C)(C)C)C3)cc21. The number of nitrogens with one attached hydrogen (secondary N) is 1. The average Bonchev–Trinajstić information content (AvgIpc) is 2.85. The molecule has 2 atom stereocenters. The summed E-state index contributed by atoms with van der Waals surface area (Å²) in [4.78, 5) is 56.0. The number of amides is 4. The molecule has 0 radical (unpaired) electrons. The molecule has 12 heteroatoms. The van der Waals surface area contributed by atoms with Crippen LogP contribution in [-0.2, 0) is 14.3 Å². The van der Waals surface area contributed by atoms with Crippen molar-refractivity contribution in [2.45, 2.75) is 78.2 Å². The van der Waals surface area contributed by atoms with Crippen molar-refractivity contribution in [3.63, 3.8) is 0 Å². The Kier molecular flexibility index (Phi) is 9.58. The highest BCUT2D eigenvalue weighted by Gasteiger charge is 2.37. The number of nitrogens with zero attached hydrogens (tertiary/aromatic N) is 3. The summed E-state index contributed by atoms with van der Waals surface area (Å²) >= 11 is 6.60. The first-order valence-corrected chi connectivity index (χ1v) is 13.5. The molecule has 3 rings (SSSR count). The molecule has 1 aromatic rings. The lowest BCUT2D eigenvalue weighted by Gasteiger charge is -2.42. The standard InChI is InChI=1S/C27H39ClN4O7/c1-16(2)32(18-9-8-11-30(15-18)26(36)39-27(4,5)6)24(34)19-13-21-22(14-20(19)28)38-17(3)23(33)31(21)12-10-29-25(35)37-7/h13-14,16-18H,8-12,15H2,1-7H3,(H,29,35)/t17-,18-/m1/s1. The lowest BCUT2D eigenvalue weighted by molar-refractivity contribution is -0.125. The number of carbonyl (C=O) groups is 4. The van der Waals surface area contributed by atoms with E-state index in [0.717, 1.165) is 12.8 Å². The molecule has 1 fully saturated rings. The fourth-order valence-corrected chi connectivity index (χ4v) is 5.03. The van der Waals surface area contributed by atoms with Crippen molar-refractivity contribution < 1.29 is 33.4 Å². The largest absolute Gasteiger partial charge is 0.479 e. The van der Waals surface area contributed by atoms with Gasteiger partial charge in [0.25, 0.3) is 11.8 Å². The van der Waals surface area contributed by atoms with E-state index in [4.69, 9.17) is 21.1 Å². The van der Waals surface area contributed by atoms with E-state index < -0.39 is 23.9 Å². The molecule has 11 nitrogen and oxygen atoms in total. The Bertz CT molecular complexity index is 1100. The number of anilines is 1. The molecular weight excluding hydrogens is 528 g/mol. The third kappa shape index (κ3) is 7.26. The predicted octanol–water partition coefficient (Wildman–Crippen LogP) is 4.06. The molecule has 0 bridgehead atoms. The van der Waals surface area contributed by atoms with Gasteiger partial charge in [-0.05, 0) is 60.5 Å². The van der Waals surface area contributed by atoms with Gasteiger partial charge in [-0.25, -0.2) is 9.59 Å². The van der Waals surface area contributed by atoms with Crippen LogP contribution in [-0.4, -0.2) is 90.9 Å². The number of rotatable bonds is 6. The van der Waals surface area contributed by atoms with E-state index in [0.29, 0.717) is 24.5 Å². The zero-order chi connectivity index (χ0) is 29.1. The molecule has 0 saturated carbocycles. The zero-order valence-electron chi connectivity index (χ0n) is 23.7. The van der Waals surface area contributed by atoms with Crippen LogP contribution in [0.1, 0.15) is 64.7 Å². The van der Waals surface area contributed by atoms with Crippen LogP contribution in [0.3, 0.4) is 0 Å². The lowest BCUT2D eigenvalue weighted by atomic mass is 10.0. The summed E-state index contributed by atoms with van der Waals surface area (Å²) in [6, 6.07) is 2.67. The van der Waals surface area contributed by atoms with Crippen molar-refractivity contribution in [3.8, 4) is 5.75 Å². The van der Waals surface area contributed by atoms with Gasteiger partial charge < -0.3 is 34.2 Å². The molecule has 4 amide bonds. The molecule has 0 unspecified atom stereocenters. The molecule has 0 aromatic heterocycles. The summed E-state index contributed by atoms with van der Waals surface area (Å²) < 4.78 is 15.9. The number of halogens is 1. The topological polar surface area (TPSA) is 118 Å². The number of hydrogen-bond acceptors (Lipinski definition) is 7. The molecule has 1 aromatic carbocycles. The molecular formula is C27H39ClN4O7. The Morgan fingerprint density at radius 1 is 1.26 bits per heavy atom. The van der Waals surface area contributed by atoms with Gasteiger partial charge in [0.15, 0.2) is 6.10 Å². The predicted molar refractivity (Wildman–Crippen MR) is 146 cm³/mol. The maximum absolute atomic E-state index is 14.0. The minimum atomic E-state index is -0.763. The van der Waals surface area contributed by atoms with E-state index in [1.54, 1.807) is 28.9 Å². The zero-order valence-corrected chi connectivity index (χ0v) is 24.5. The molecule has 2 aliphatic rings. The first kappa shape index (κ1) is 30.3. The highest BCUT2D eigenvalue weighted by Crippen LogP contribution is 2.39. The van der Waals surface area contributed by atoms with Crippen molar-refractivity contribution in [2.75, 3.05) is 38.2 Å². The van der Waals surface area contributed by atoms with Crippen LogP contribution >= 0.6 is 11.6 Å². The molecule has 1 saturated heterocycles. The van der Waals surface area contributed by atoms with Crippen LogP contribution in [0, 0.1) is 0 Å². The first-order chi connectivity index (χ1) is 18.2. The molecule has 1 N–H and O–H groups in total. The van der Waals surface area contributed by atoms with Crippen LogP contribution in [0.4, 0.5) is 15.3 Å². The van der Waals surface area contributed by atoms with Gasteiger partial charge in [0.05, 0.1) is 29.4 Å². The molecule has 0 spiro atoms. The van der Waals surface area contributed by atoms with E-state index in [2.05, 4.69) is 10.1 Å². The summed E-state index contributed by atoms with van der Waals surface area (Å²) in [5.41, 5.74) is -0.0145. The van der Waals surface area contributed by atoms with Crippen molar-refractivity contribution in [2.24, 2.45) is 0 Å². The van der Waals surface area contributed by atoms with Crippen molar-refractivity contribution in [3.05, 3.63) is 22.7 Å². The van der Waals surface area contributed by atoms with Crippen LogP contribution in [0.15, 0.2) is 12.1 Å². The second-order valence-electron chi connectivity index (χ2n) is 11.0. The highest BCUT2D eigenvalue weighted by molar-refractivity contribution is 6.34. The molecule has 39 heavy (non-hydrogen) atoms. The lowest BCUT2D eigenvalue weighted by Crippen LogP contribution is -2.54. The monoisotopic (exact) mass is 566 g/mol. The van der Waals surface area contributed by atoms with Gasteiger partial charge in [-0.2, -0.15) is 0 Å². The number of carbonyl (C=O) groups excluding carboxylic acids is 4. The number of ether oxygens (including phenoxy) is 3. The number of benzene rings is 1. The van der Waals surface area contributed by atoms with E-state index >= 15 is 0 Å². The Balaban J connectivity index is 1.89. The second-order valence-corrected chi connectivity index (χ2v) is 11.4. The number of alkyl carbamates (subject to hydrolysis) is 1. The average molecular weight is 567 g/mol. The summed E-state index contributed by atoms with van der Waals surface area (Å²) in [6.07, 6.45) is -0.343. The van der Waals surface area contributed by atoms with Crippen LogP contribution in [0.25, 0.3) is 0 Å². The van der Waals surface area contributed by atoms with Crippen molar-refractivity contribution >= 4 is 41.3 Å². The molecule has 2 heterocycles. The summed E-state index contributed by atoms with van der Waals surface area (Å²) in [6.45, 7) is 12.1. The number of methoxy groups -OCH3 is 1. The highest BCUT2D eigenvalue weighted by atomic mass is 35.5. The maximum atomic E-state index is 14.0. The normalized spacial score (nSPS) is 19.3. The minimum absolute atomic E-state index is 0.136. The van der Waals surface area contributed by atoms with Gasteiger partial charge in [-0.1, -0.05) is 11.6 Å². The second kappa shape index (κ2) is 12.3. The third-order valence-electron chi connectivity index (χ3n) is 6.51. The number of fused-ring (bicyclic) bond motifs is 1. The molecule has 216 valence electrons. The molecule has 2 aliphatic heterocycles. The van der Waals surface area contributed by atoms with Crippen molar-refractivity contribution in [1.29, 1.82) is 0 Å². The van der Waals surface area contributed by atoms with Crippen LogP contribution < -0.4 is 15.0 Å². The Hall–Kier alpha value is -3.21. The van der Waals surface area contributed by atoms with Crippen molar-refractivity contribution in [1.82, 2.24) is 15.1 Å². The summed E-state index contributed by atoms with van der Waals surface area (Å²) in [5.74, 6) is -0.255. The number of piperidine rings is 1. The third-order valence-corrected chi connectivity index (χ3v) is 6.82. The Morgan fingerprint density at radius 2 is 1.95 bits per heavy atom. The van der Waals surface area contributed by atoms with Gasteiger partial charge in [-0.3, -0.25) is 9.59 Å². The van der Waals surface area contributed by atoms with Gasteiger partial charge >= 0.3 is 12.2 Å². The van der Waals surface area contributed by atoms with Gasteiger partial charge in [0.1, 0.15) is 11.4 Å². The number of likely N-dealkylation sites (tertiary alicyclic amines) is 1. The fourth-order valence-electron chi connectivity index (χ4n) is 4.80. The van der Waals surface area contributed by atoms with Crippen LogP contribution in [0.2, 0.25) is 5.02 Å². The Labute approximate surface area is 234 Å². The van der Waals surface area contributed by atoms with Crippen LogP contribution in [0.5, 0.6) is 5.75 Å². The minimum Gasteiger partial charge on any atom is -0.479 e. The summed E-state index contributed by atoms with van der Waals surface area (Å²) in [5, 5.41) is 2.75. The van der Waals surface area contributed by atoms with E-state index in [-0.39, 0.29) is 47.6 Å². The summed E-state index contributed by atoms with van der Waals surface area (Å²) in [7, 11) is 1.26. The maximum Gasteiger partial charge on any atom is 0.410 e. The first-order valence-electron chi connectivity index (χ1n) is 13.2.